The standard InChI is InChI=1S/C21H38N2O5S/c1-14(24)16(10-11-29-13-18(23-7)15(2)25)12-19(26)17(22-6)8-9-20(27)28-21(3,4)5/h16-18,22-23H,8-13H2,1-7H3/t16-,17+,18+/m1/s1. The highest BCUT2D eigenvalue weighted by atomic mass is 32.2. The van der Waals surface area contributed by atoms with Crippen molar-refractivity contribution < 1.29 is 23.9 Å². The van der Waals surface area contributed by atoms with Crippen LogP contribution >= 0.6 is 11.8 Å². The molecule has 0 bridgehead atoms. The van der Waals surface area contributed by atoms with Crippen molar-refractivity contribution in [2.75, 3.05) is 25.6 Å². The number of carbonyl (C=O) groups excluding carboxylic acids is 4. The molecule has 0 saturated heterocycles. The van der Waals surface area contributed by atoms with Gasteiger partial charge >= 0.3 is 5.97 Å². The van der Waals surface area contributed by atoms with E-state index in [9.17, 15) is 19.2 Å². The highest BCUT2D eigenvalue weighted by Gasteiger charge is 2.25. The summed E-state index contributed by atoms with van der Waals surface area (Å²) in [6.07, 6.45) is 1.22. The number of ether oxygens (including phenoxy) is 1. The molecule has 0 aliphatic heterocycles. The molecule has 3 atom stereocenters. The molecule has 0 aromatic rings. The predicted molar refractivity (Wildman–Crippen MR) is 117 cm³/mol. The fraction of sp³-hybridized carbons (Fsp3) is 0.810. The first-order valence-electron chi connectivity index (χ1n) is 10.1. The van der Waals surface area contributed by atoms with E-state index >= 15 is 0 Å². The van der Waals surface area contributed by atoms with E-state index in [1.165, 1.54) is 6.92 Å². The molecule has 0 aliphatic carbocycles. The Labute approximate surface area is 179 Å². The van der Waals surface area contributed by atoms with Crippen LogP contribution < -0.4 is 10.6 Å². The van der Waals surface area contributed by atoms with Gasteiger partial charge in [0.05, 0.1) is 12.1 Å². The van der Waals surface area contributed by atoms with Crippen LogP contribution in [0.2, 0.25) is 0 Å². The van der Waals surface area contributed by atoms with Crippen molar-refractivity contribution in [3.05, 3.63) is 0 Å². The van der Waals surface area contributed by atoms with Gasteiger partial charge in [0, 0.05) is 24.5 Å². The number of rotatable bonds is 15. The van der Waals surface area contributed by atoms with Crippen LogP contribution in [0.25, 0.3) is 0 Å². The van der Waals surface area contributed by atoms with Crippen molar-refractivity contribution in [2.45, 2.75) is 78.0 Å². The topological polar surface area (TPSA) is 102 Å². The van der Waals surface area contributed by atoms with Gasteiger partial charge in [0.1, 0.15) is 23.0 Å². The van der Waals surface area contributed by atoms with E-state index in [0.29, 0.717) is 24.3 Å². The molecular weight excluding hydrogens is 392 g/mol. The molecule has 0 aromatic heterocycles. The molecule has 0 spiro atoms. The number of esters is 1. The molecule has 0 amide bonds. The summed E-state index contributed by atoms with van der Waals surface area (Å²) in [5.74, 6) is 0.646. The smallest absolute Gasteiger partial charge is 0.306 e. The van der Waals surface area contributed by atoms with Gasteiger partial charge in [-0.15, -0.1) is 0 Å². The van der Waals surface area contributed by atoms with Crippen molar-refractivity contribution in [3.63, 3.8) is 0 Å². The SMILES string of the molecule is CN[C@@H](CSCC[C@H](CC(=O)[C@H](CCC(=O)OC(C)(C)C)NC)C(C)=O)C(C)=O. The molecule has 29 heavy (non-hydrogen) atoms. The van der Waals surface area contributed by atoms with Gasteiger partial charge in [0.2, 0.25) is 0 Å². The summed E-state index contributed by atoms with van der Waals surface area (Å²) in [4.78, 5) is 47.9. The molecule has 0 unspecified atom stereocenters. The molecule has 7 nitrogen and oxygen atoms in total. The Morgan fingerprint density at radius 3 is 1.97 bits per heavy atom. The van der Waals surface area contributed by atoms with Gasteiger partial charge in [-0.1, -0.05) is 0 Å². The maximum Gasteiger partial charge on any atom is 0.306 e. The van der Waals surface area contributed by atoms with E-state index in [1.54, 1.807) is 53.6 Å². The Kier molecular flexibility index (Phi) is 13.3. The number of thioether (sulfide) groups is 1. The lowest BCUT2D eigenvalue weighted by atomic mass is 9.92. The van der Waals surface area contributed by atoms with Gasteiger partial charge in [-0.05, 0) is 67.3 Å². The fourth-order valence-electron chi connectivity index (χ4n) is 2.79. The molecule has 0 rings (SSSR count). The molecule has 0 fully saturated rings. The van der Waals surface area contributed by atoms with Crippen LogP contribution in [0, 0.1) is 5.92 Å². The van der Waals surface area contributed by atoms with Crippen molar-refractivity contribution >= 4 is 35.1 Å². The Bertz CT molecular complexity index is 560. The zero-order valence-corrected chi connectivity index (χ0v) is 19.7. The van der Waals surface area contributed by atoms with E-state index in [0.717, 1.165) is 0 Å². The third kappa shape index (κ3) is 12.8. The molecule has 2 N–H and O–H groups in total. The quantitative estimate of drug-likeness (QED) is 0.301. The molecule has 0 saturated carbocycles. The Morgan fingerprint density at radius 1 is 0.931 bits per heavy atom. The van der Waals surface area contributed by atoms with Crippen LogP contribution in [0.1, 0.15) is 60.3 Å². The van der Waals surface area contributed by atoms with Gasteiger partial charge in [-0.25, -0.2) is 0 Å². The van der Waals surface area contributed by atoms with Gasteiger partial charge in [0.25, 0.3) is 0 Å². The Morgan fingerprint density at radius 2 is 1.52 bits per heavy atom. The van der Waals surface area contributed by atoms with Crippen LogP contribution in [0.4, 0.5) is 0 Å². The summed E-state index contributed by atoms with van der Waals surface area (Å²) in [5.41, 5.74) is -0.553. The predicted octanol–water partition coefficient (Wildman–Crippen LogP) is 2.16. The van der Waals surface area contributed by atoms with E-state index in [2.05, 4.69) is 10.6 Å². The first kappa shape index (κ1) is 27.8. The number of carbonyl (C=O) groups is 4. The Balaban J connectivity index is 4.56. The second-order valence-electron chi connectivity index (χ2n) is 8.26. The lowest BCUT2D eigenvalue weighted by molar-refractivity contribution is -0.155. The zero-order chi connectivity index (χ0) is 22.6. The summed E-state index contributed by atoms with van der Waals surface area (Å²) in [6, 6.07) is -0.678. The summed E-state index contributed by atoms with van der Waals surface area (Å²) >= 11 is 1.60. The lowest BCUT2D eigenvalue weighted by Gasteiger charge is -2.21. The van der Waals surface area contributed by atoms with Crippen LogP contribution in [0.15, 0.2) is 0 Å². The average molecular weight is 431 g/mol. The van der Waals surface area contributed by atoms with Crippen LogP contribution in [0.5, 0.6) is 0 Å². The van der Waals surface area contributed by atoms with Crippen molar-refractivity contribution in [3.8, 4) is 0 Å². The monoisotopic (exact) mass is 430 g/mol. The highest BCUT2D eigenvalue weighted by molar-refractivity contribution is 7.99. The largest absolute Gasteiger partial charge is 0.460 e. The number of ketones is 3. The van der Waals surface area contributed by atoms with E-state index in [-0.39, 0.29) is 48.1 Å². The van der Waals surface area contributed by atoms with Crippen molar-refractivity contribution in [1.29, 1.82) is 0 Å². The van der Waals surface area contributed by atoms with Gasteiger partial charge in [-0.3, -0.25) is 19.2 Å². The summed E-state index contributed by atoms with van der Waals surface area (Å²) in [6.45, 7) is 8.46. The van der Waals surface area contributed by atoms with Gasteiger partial charge in [0.15, 0.2) is 0 Å². The molecule has 0 radical (unpaired) electrons. The number of hydrogen-bond acceptors (Lipinski definition) is 8. The first-order valence-corrected chi connectivity index (χ1v) is 11.2. The van der Waals surface area contributed by atoms with Crippen molar-refractivity contribution in [1.82, 2.24) is 10.6 Å². The summed E-state index contributed by atoms with van der Waals surface area (Å²) in [7, 11) is 3.43. The van der Waals surface area contributed by atoms with E-state index in [1.807, 2.05) is 0 Å². The third-order valence-electron chi connectivity index (χ3n) is 4.55. The molecule has 8 heteroatoms. The minimum Gasteiger partial charge on any atom is -0.460 e. The molecule has 0 aromatic carbocycles. The maximum absolute atomic E-state index is 12.6. The second-order valence-corrected chi connectivity index (χ2v) is 9.41. The Hall–Kier alpha value is -1.25. The van der Waals surface area contributed by atoms with E-state index < -0.39 is 11.6 Å². The molecule has 0 aliphatic rings. The normalized spacial score (nSPS) is 14.7. The number of Topliss-reactive ketones (excluding diaryl/α,β-unsaturated/α-hetero) is 3. The van der Waals surface area contributed by atoms with Crippen LogP contribution in [-0.2, 0) is 23.9 Å². The van der Waals surface area contributed by atoms with E-state index in [4.69, 9.17) is 4.74 Å². The minimum atomic E-state index is -0.553. The van der Waals surface area contributed by atoms with Gasteiger partial charge in [-0.2, -0.15) is 11.8 Å². The molecule has 0 heterocycles. The third-order valence-corrected chi connectivity index (χ3v) is 5.64. The minimum absolute atomic E-state index is 0.0160. The summed E-state index contributed by atoms with van der Waals surface area (Å²) in [5, 5.41) is 5.91. The average Bonchev–Trinajstić information content (AvgIpc) is 2.59. The first-order chi connectivity index (χ1) is 13.4. The fourth-order valence-corrected chi connectivity index (χ4v) is 4.04. The van der Waals surface area contributed by atoms with Crippen LogP contribution in [-0.4, -0.2) is 66.6 Å². The molecular formula is C21H38N2O5S. The lowest BCUT2D eigenvalue weighted by Crippen LogP contribution is -2.37. The number of hydrogen-bond donors (Lipinski definition) is 2. The number of nitrogens with one attached hydrogen (secondary N) is 2. The van der Waals surface area contributed by atoms with Crippen LogP contribution in [0.3, 0.4) is 0 Å². The van der Waals surface area contributed by atoms with Gasteiger partial charge < -0.3 is 15.4 Å². The van der Waals surface area contributed by atoms with Crippen molar-refractivity contribution in [2.24, 2.45) is 5.92 Å². The highest BCUT2D eigenvalue weighted by Crippen LogP contribution is 2.18. The summed E-state index contributed by atoms with van der Waals surface area (Å²) < 4.78 is 5.28. The maximum atomic E-state index is 12.6. The zero-order valence-electron chi connectivity index (χ0n) is 18.9. The second kappa shape index (κ2) is 13.9. The number of likely N-dealkylation sites (N-methyl/N-ethyl adjacent to an activating group) is 2. The molecule has 168 valence electrons.